The molecule has 0 aliphatic heterocycles. The molecule has 0 fully saturated rings. The molecule has 0 atom stereocenters. The Morgan fingerprint density at radius 3 is 2.53 bits per heavy atom. The van der Waals surface area contributed by atoms with E-state index >= 15 is 0 Å². The highest BCUT2D eigenvalue weighted by molar-refractivity contribution is 5.57. The standard InChI is InChI=1S/C13H22N2/c1-4-5-6-7-15(3)13-9-11(2)8-12(14)10-13/h8-10H,4-7,14H2,1-3H3. The van der Waals surface area contributed by atoms with E-state index in [1.54, 1.807) is 0 Å². The highest BCUT2D eigenvalue weighted by Gasteiger charge is 2.01. The van der Waals surface area contributed by atoms with Crippen LogP contribution in [0.15, 0.2) is 18.2 Å². The van der Waals surface area contributed by atoms with E-state index in [1.807, 2.05) is 12.1 Å². The van der Waals surface area contributed by atoms with Crippen molar-refractivity contribution >= 4 is 11.4 Å². The largest absolute Gasteiger partial charge is 0.399 e. The summed E-state index contributed by atoms with van der Waals surface area (Å²) in [5, 5.41) is 0. The minimum Gasteiger partial charge on any atom is -0.399 e. The maximum Gasteiger partial charge on any atom is 0.0386 e. The molecule has 0 saturated carbocycles. The van der Waals surface area contributed by atoms with Crippen LogP contribution < -0.4 is 10.6 Å². The highest BCUT2D eigenvalue weighted by atomic mass is 15.1. The number of unbranched alkanes of at least 4 members (excludes halogenated alkanes) is 2. The number of nitrogens with two attached hydrogens (primary N) is 1. The highest BCUT2D eigenvalue weighted by Crippen LogP contribution is 2.19. The molecule has 1 aromatic carbocycles. The summed E-state index contributed by atoms with van der Waals surface area (Å²) >= 11 is 0. The molecule has 0 saturated heterocycles. The number of rotatable bonds is 5. The molecule has 2 heteroatoms. The van der Waals surface area contributed by atoms with Gasteiger partial charge in [0.05, 0.1) is 0 Å². The molecule has 0 amide bonds. The van der Waals surface area contributed by atoms with Crippen molar-refractivity contribution in [3.05, 3.63) is 23.8 Å². The van der Waals surface area contributed by atoms with Gasteiger partial charge in [0.1, 0.15) is 0 Å². The molecular formula is C13H22N2. The van der Waals surface area contributed by atoms with Crippen LogP contribution in [0.4, 0.5) is 11.4 Å². The van der Waals surface area contributed by atoms with Crippen LogP contribution in [0, 0.1) is 6.92 Å². The smallest absolute Gasteiger partial charge is 0.0386 e. The summed E-state index contributed by atoms with van der Waals surface area (Å²) in [6, 6.07) is 6.23. The number of hydrogen-bond donors (Lipinski definition) is 1. The van der Waals surface area contributed by atoms with Gasteiger partial charge in [0.15, 0.2) is 0 Å². The molecule has 1 aromatic rings. The molecular weight excluding hydrogens is 184 g/mol. The van der Waals surface area contributed by atoms with E-state index in [0.717, 1.165) is 12.2 Å². The van der Waals surface area contributed by atoms with Crippen LogP contribution in [0.25, 0.3) is 0 Å². The zero-order valence-electron chi connectivity index (χ0n) is 10.1. The second kappa shape index (κ2) is 5.64. The zero-order chi connectivity index (χ0) is 11.3. The Hall–Kier alpha value is -1.18. The maximum absolute atomic E-state index is 5.83. The van der Waals surface area contributed by atoms with Crippen LogP contribution in [0.2, 0.25) is 0 Å². The summed E-state index contributed by atoms with van der Waals surface area (Å²) in [6.07, 6.45) is 3.82. The fourth-order valence-electron chi connectivity index (χ4n) is 1.74. The van der Waals surface area contributed by atoms with E-state index in [1.165, 1.54) is 30.5 Å². The lowest BCUT2D eigenvalue weighted by Crippen LogP contribution is -2.18. The van der Waals surface area contributed by atoms with Gasteiger partial charge in [-0.3, -0.25) is 0 Å². The molecule has 0 unspecified atom stereocenters. The fraction of sp³-hybridized carbons (Fsp3) is 0.538. The molecule has 0 heterocycles. The summed E-state index contributed by atoms with van der Waals surface area (Å²) in [4.78, 5) is 2.28. The van der Waals surface area contributed by atoms with Gasteiger partial charge in [-0.05, 0) is 37.1 Å². The first-order valence-corrected chi connectivity index (χ1v) is 5.71. The predicted molar refractivity (Wildman–Crippen MR) is 68.4 cm³/mol. The van der Waals surface area contributed by atoms with E-state index in [2.05, 4.69) is 31.9 Å². The lowest BCUT2D eigenvalue weighted by molar-refractivity contribution is 0.705. The molecule has 0 aliphatic rings. The van der Waals surface area contributed by atoms with E-state index in [-0.39, 0.29) is 0 Å². The number of nitrogen functional groups attached to an aromatic ring is 1. The SMILES string of the molecule is CCCCCN(C)c1cc(C)cc(N)c1. The molecule has 0 bridgehead atoms. The van der Waals surface area contributed by atoms with E-state index in [9.17, 15) is 0 Å². The van der Waals surface area contributed by atoms with Crippen molar-refractivity contribution in [1.82, 2.24) is 0 Å². The number of nitrogens with zero attached hydrogens (tertiary/aromatic N) is 1. The van der Waals surface area contributed by atoms with Gasteiger partial charge in [0, 0.05) is 25.0 Å². The van der Waals surface area contributed by atoms with Crippen LogP contribution in [-0.4, -0.2) is 13.6 Å². The van der Waals surface area contributed by atoms with Gasteiger partial charge in [-0.25, -0.2) is 0 Å². The van der Waals surface area contributed by atoms with Crippen molar-refractivity contribution in [3.8, 4) is 0 Å². The van der Waals surface area contributed by atoms with Gasteiger partial charge in [0.2, 0.25) is 0 Å². The van der Waals surface area contributed by atoms with Gasteiger partial charge in [-0.15, -0.1) is 0 Å². The third kappa shape index (κ3) is 3.82. The summed E-state index contributed by atoms with van der Waals surface area (Å²) in [7, 11) is 2.13. The van der Waals surface area contributed by atoms with Crippen LogP contribution >= 0.6 is 0 Å². The minimum absolute atomic E-state index is 0.854. The Morgan fingerprint density at radius 2 is 1.93 bits per heavy atom. The second-order valence-corrected chi connectivity index (χ2v) is 4.23. The number of hydrogen-bond acceptors (Lipinski definition) is 2. The molecule has 1 rings (SSSR count). The molecule has 84 valence electrons. The van der Waals surface area contributed by atoms with E-state index in [4.69, 9.17) is 5.73 Å². The van der Waals surface area contributed by atoms with E-state index in [0.29, 0.717) is 0 Å². The van der Waals surface area contributed by atoms with Gasteiger partial charge in [0.25, 0.3) is 0 Å². The van der Waals surface area contributed by atoms with Gasteiger partial charge in [-0.1, -0.05) is 19.8 Å². The Bertz CT molecular complexity index is 287. The van der Waals surface area contributed by atoms with Gasteiger partial charge < -0.3 is 10.6 Å². The van der Waals surface area contributed by atoms with Crippen LogP contribution in [0.5, 0.6) is 0 Å². The predicted octanol–water partition coefficient (Wildman–Crippen LogP) is 3.20. The molecule has 0 radical (unpaired) electrons. The minimum atomic E-state index is 0.854. The molecule has 15 heavy (non-hydrogen) atoms. The number of aryl methyl sites for hydroxylation is 1. The first-order valence-electron chi connectivity index (χ1n) is 5.71. The third-order valence-corrected chi connectivity index (χ3v) is 2.62. The summed E-state index contributed by atoms with van der Waals surface area (Å²) in [5.74, 6) is 0. The summed E-state index contributed by atoms with van der Waals surface area (Å²) in [6.45, 7) is 5.42. The molecule has 0 aliphatic carbocycles. The van der Waals surface area contributed by atoms with Crippen molar-refractivity contribution in [3.63, 3.8) is 0 Å². The van der Waals surface area contributed by atoms with Crippen molar-refractivity contribution < 1.29 is 0 Å². The lowest BCUT2D eigenvalue weighted by Gasteiger charge is -2.20. The Kier molecular flexibility index (Phi) is 4.47. The maximum atomic E-state index is 5.83. The third-order valence-electron chi connectivity index (χ3n) is 2.62. The van der Waals surface area contributed by atoms with Crippen LogP contribution in [0.3, 0.4) is 0 Å². The monoisotopic (exact) mass is 206 g/mol. The Labute approximate surface area is 93.1 Å². The topological polar surface area (TPSA) is 29.3 Å². The quantitative estimate of drug-likeness (QED) is 0.592. The Morgan fingerprint density at radius 1 is 1.20 bits per heavy atom. The average molecular weight is 206 g/mol. The van der Waals surface area contributed by atoms with Crippen molar-refractivity contribution in [2.75, 3.05) is 24.2 Å². The molecule has 2 nitrogen and oxygen atoms in total. The zero-order valence-corrected chi connectivity index (χ0v) is 10.1. The normalized spacial score (nSPS) is 10.3. The van der Waals surface area contributed by atoms with E-state index < -0.39 is 0 Å². The summed E-state index contributed by atoms with van der Waals surface area (Å²) in [5.41, 5.74) is 9.13. The lowest BCUT2D eigenvalue weighted by atomic mass is 10.1. The van der Waals surface area contributed by atoms with Crippen LogP contribution in [-0.2, 0) is 0 Å². The second-order valence-electron chi connectivity index (χ2n) is 4.23. The molecule has 0 aromatic heterocycles. The van der Waals surface area contributed by atoms with Crippen molar-refractivity contribution in [2.24, 2.45) is 0 Å². The molecule has 2 N–H and O–H groups in total. The number of anilines is 2. The van der Waals surface area contributed by atoms with Crippen LogP contribution in [0.1, 0.15) is 31.7 Å². The van der Waals surface area contributed by atoms with Gasteiger partial charge in [-0.2, -0.15) is 0 Å². The average Bonchev–Trinajstić information content (AvgIpc) is 2.16. The first-order chi connectivity index (χ1) is 7.13. The fourth-order valence-corrected chi connectivity index (χ4v) is 1.74. The number of benzene rings is 1. The van der Waals surface area contributed by atoms with Gasteiger partial charge >= 0.3 is 0 Å². The Balaban J connectivity index is 2.60. The summed E-state index contributed by atoms with van der Waals surface area (Å²) < 4.78 is 0. The van der Waals surface area contributed by atoms with Crippen molar-refractivity contribution in [1.29, 1.82) is 0 Å². The first kappa shape index (κ1) is 11.9. The molecule has 0 spiro atoms. The van der Waals surface area contributed by atoms with Crippen molar-refractivity contribution in [2.45, 2.75) is 33.1 Å².